The molecule has 78 valence electrons. The average molecular weight is 203 g/mol. The van der Waals surface area contributed by atoms with Crippen molar-refractivity contribution in [1.82, 2.24) is 0 Å². The van der Waals surface area contributed by atoms with Gasteiger partial charge in [-0.2, -0.15) is 5.26 Å². The minimum atomic E-state index is 0.211. The van der Waals surface area contributed by atoms with Crippen molar-refractivity contribution in [1.29, 1.82) is 5.26 Å². The minimum Gasteiger partial charge on any atom is -0.497 e. The Labute approximate surface area is 88.6 Å². The van der Waals surface area contributed by atoms with Gasteiger partial charge in [-0.15, -0.1) is 0 Å². The van der Waals surface area contributed by atoms with E-state index in [4.69, 9.17) is 15.7 Å². The van der Waals surface area contributed by atoms with Crippen LogP contribution in [0.5, 0.6) is 5.75 Å². The maximum Gasteiger partial charge on any atom is 0.121 e. The number of rotatable bonds is 3. The maximum atomic E-state index is 8.92. The van der Waals surface area contributed by atoms with Gasteiger partial charge in [0.05, 0.1) is 18.4 Å². The first kappa shape index (κ1) is 9.81. The molecule has 15 heavy (non-hydrogen) atoms. The van der Waals surface area contributed by atoms with Gasteiger partial charge in [-0.3, -0.25) is 0 Å². The molecule has 0 bridgehead atoms. The second-order valence-corrected chi connectivity index (χ2v) is 3.67. The van der Waals surface area contributed by atoms with Crippen molar-refractivity contribution >= 4 is 5.69 Å². The van der Waals surface area contributed by atoms with Gasteiger partial charge in [-0.05, 0) is 18.6 Å². The van der Waals surface area contributed by atoms with Crippen molar-refractivity contribution in [2.24, 2.45) is 5.73 Å². The fourth-order valence-corrected chi connectivity index (χ4v) is 1.45. The summed E-state index contributed by atoms with van der Waals surface area (Å²) in [7, 11) is 1.61. The van der Waals surface area contributed by atoms with E-state index in [0.29, 0.717) is 11.6 Å². The lowest BCUT2D eigenvalue weighted by Crippen LogP contribution is -2.13. The normalized spacial score (nSPS) is 23.0. The van der Waals surface area contributed by atoms with Crippen molar-refractivity contribution in [2.45, 2.75) is 18.5 Å². The Hall–Kier alpha value is -1.73. The molecule has 0 saturated heterocycles. The highest BCUT2D eigenvalue weighted by atomic mass is 16.5. The summed E-state index contributed by atoms with van der Waals surface area (Å²) in [5.74, 6) is 0.741. The molecule has 4 heteroatoms. The topological polar surface area (TPSA) is 71.1 Å². The monoisotopic (exact) mass is 203 g/mol. The summed E-state index contributed by atoms with van der Waals surface area (Å²) in [5.41, 5.74) is 7.12. The van der Waals surface area contributed by atoms with E-state index in [1.165, 1.54) is 0 Å². The van der Waals surface area contributed by atoms with Crippen LogP contribution in [0.15, 0.2) is 18.2 Å². The highest BCUT2D eigenvalue weighted by molar-refractivity contribution is 5.61. The first-order valence-electron chi connectivity index (χ1n) is 4.85. The van der Waals surface area contributed by atoms with Crippen molar-refractivity contribution in [3.8, 4) is 11.8 Å². The number of nitrogens with zero attached hydrogens (tertiary/aromatic N) is 1. The molecule has 0 spiro atoms. The number of nitrogens with one attached hydrogen (secondary N) is 1. The fourth-order valence-electron chi connectivity index (χ4n) is 1.45. The van der Waals surface area contributed by atoms with Crippen molar-refractivity contribution in [3.63, 3.8) is 0 Å². The zero-order chi connectivity index (χ0) is 10.8. The summed E-state index contributed by atoms with van der Waals surface area (Å²) in [5, 5.41) is 12.2. The van der Waals surface area contributed by atoms with E-state index >= 15 is 0 Å². The van der Waals surface area contributed by atoms with Crippen LogP contribution >= 0.6 is 0 Å². The lowest BCUT2D eigenvalue weighted by molar-refractivity contribution is 0.415. The first-order chi connectivity index (χ1) is 7.24. The van der Waals surface area contributed by atoms with Crippen molar-refractivity contribution < 1.29 is 4.74 Å². The number of benzene rings is 1. The molecule has 4 nitrogen and oxygen atoms in total. The van der Waals surface area contributed by atoms with Gasteiger partial charge >= 0.3 is 0 Å². The Morgan fingerprint density at radius 3 is 2.87 bits per heavy atom. The summed E-state index contributed by atoms with van der Waals surface area (Å²) in [6.45, 7) is 0. The number of anilines is 1. The lowest BCUT2D eigenvalue weighted by Gasteiger charge is -2.08. The standard InChI is InChI=1S/C11H13N3O/c1-15-8-3-2-7(6-12)10(4-8)14-11-5-9(11)13/h2-4,9,11,14H,5,13H2,1H3. The van der Waals surface area contributed by atoms with Crippen LogP contribution in [0.3, 0.4) is 0 Å². The highest BCUT2D eigenvalue weighted by Crippen LogP contribution is 2.28. The van der Waals surface area contributed by atoms with Crippen LogP contribution in [0.2, 0.25) is 0 Å². The second kappa shape index (κ2) is 3.79. The molecule has 1 fully saturated rings. The molecule has 2 unspecified atom stereocenters. The zero-order valence-corrected chi connectivity index (χ0v) is 8.53. The van der Waals surface area contributed by atoms with E-state index in [1.807, 2.05) is 6.07 Å². The Balaban J connectivity index is 2.22. The van der Waals surface area contributed by atoms with E-state index in [-0.39, 0.29) is 6.04 Å². The second-order valence-electron chi connectivity index (χ2n) is 3.67. The fraction of sp³-hybridized carbons (Fsp3) is 0.364. The number of hydrogen-bond donors (Lipinski definition) is 2. The van der Waals surface area contributed by atoms with Gasteiger partial charge in [-0.25, -0.2) is 0 Å². The molecular formula is C11H13N3O. The summed E-state index contributed by atoms with van der Waals surface area (Å²) in [6.07, 6.45) is 0.960. The first-order valence-corrected chi connectivity index (χ1v) is 4.85. The van der Waals surface area contributed by atoms with Gasteiger partial charge in [-0.1, -0.05) is 0 Å². The molecule has 1 saturated carbocycles. The van der Waals surface area contributed by atoms with E-state index < -0.39 is 0 Å². The van der Waals surface area contributed by atoms with E-state index in [0.717, 1.165) is 17.9 Å². The summed E-state index contributed by atoms with van der Waals surface area (Å²) < 4.78 is 5.10. The van der Waals surface area contributed by atoms with Crippen LogP contribution in [0.25, 0.3) is 0 Å². The van der Waals surface area contributed by atoms with E-state index in [9.17, 15) is 0 Å². The van der Waals surface area contributed by atoms with Crippen LogP contribution in [0.1, 0.15) is 12.0 Å². The smallest absolute Gasteiger partial charge is 0.121 e. The van der Waals surface area contributed by atoms with Crippen LogP contribution < -0.4 is 15.8 Å². The van der Waals surface area contributed by atoms with Gasteiger partial charge in [0.1, 0.15) is 11.8 Å². The van der Waals surface area contributed by atoms with Crippen LogP contribution in [0.4, 0.5) is 5.69 Å². The number of nitrogens with two attached hydrogens (primary N) is 1. The van der Waals surface area contributed by atoms with Gasteiger partial charge < -0.3 is 15.8 Å². The van der Waals surface area contributed by atoms with Crippen molar-refractivity contribution in [3.05, 3.63) is 23.8 Å². The zero-order valence-electron chi connectivity index (χ0n) is 8.53. The van der Waals surface area contributed by atoms with Gasteiger partial charge in [0.25, 0.3) is 0 Å². The highest BCUT2D eigenvalue weighted by Gasteiger charge is 2.33. The predicted octanol–water partition coefficient (Wildman–Crippen LogP) is 1.08. The molecule has 0 aliphatic heterocycles. The summed E-state index contributed by atoms with van der Waals surface area (Å²) >= 11 is 0. The number of nitriles is 1. The third-order valence-electron chi connectivity index (χ3n) is 2.53. The quantitative estimate of drug-likeness (QED) is 0.771. The van der Waals surface area contributed by atoms with Crippen LogP contribution in [-0.4, -0.2) is 19.2 Å². The molecule has 0 amide bonds. The molecular weight excluding hydrogens is 190 g/mol. The number of hydrogen-bond acceptors (Lipinski definition) is 4. The molecule has 3 N–H and O–H groups in total. The van der Waals surface area contributed by atoms with Gasteiger partial charge in [0, 0.05) is 18.2 Å². The Bertz CT molecular complexity index is 411. The van der Waals surface area contributed by atoms with E-state index in [2.05, 4.69) is 11.4 Å². The molecule has 0 aromatic heterocycles. The maximum absolute atomic E-state index is 8.92. The largest absolute Gasteiger partial charge is 0.497 e. The van der Waals surface area contributed by atoms with Gasteiger partial charge in [0.2, 0.25) is 0 Å². The van der Waals surface area contributed by atoms with Crippen molar-refractivity contribution in [2.75, 3.05) is 12.4 Å². The van der Waals surface area contributed by atoms with E-state index in [1.54, 1.807) is 19.2 Å². The third kappa shape index (κ3) is 2.03. The number of ether oxygens (including phenoxy) is 1. The summed E-state index contributed by atoms with van der Waals surface area (Å²) in [4.78, 5) is 0. The molecule has 1 aliphatic carbocycles. The SMILES string of the molecule is COc1ccc(C#N)c(NC2CC2N)c1. The molecule has 2 rings (SSSR count). The third-order valence-corrected chi connectivity index (χ3v) is 2.53. The van der Waals surface area contributed by atoms with Crippen LogP contribution in [0, 0.1) is 11.3 Å². The average Bonchev–Trinajstić information content (AvgIpc) is 2.94. The number of methoxy groups -OCH3 is 1. The Kier molecular flexibility index (Phi) is 2.48. The minimum absolute atomic E-state index is 0.211. The Morgan fingerprint density at radius 2 is 2.33 bits per heavy atom. The molecule has 1 aromatic rings. The van der Waals surface area contributed by atoms with Gasteiger partial charge in [0.15, 0.2) is 0 Å². The predicted molar refractivity (Wildman–Crippen MR) is 57.7 cm³/mol. The molecule has 0 heterocycles. The molecule has 1 aromatic carbocycles. The molecule has 1 aliphatic rings. The molecule has 2 atom stereocenters. The molecule has 0 radical (unpaired) electrons. The lowest BCUT2D eigenvalue weighted by atomic mass is 10.2. The summed E-state index contributed by atoms with van der Waals surface area (Å²) in [6, 6.07) is 7.98. The Morgan fingerprint density at radius 1 is 1.60 bits per heavy atom. The van der Waals surface area contributed by atoms with Crippen LogP contribution in [-0.2, 0) is 0 Å².